The van der Waals surface area contributed by atoms with Crippen LogP contribution in [0.25, 0.3) is 0 Å². The second-order valence-corrected chi connectivity index (χ2v) is 5.13. The van der Waals surface area contributed by atoms with Crippen LogP contribution in [0.15, 0.2) is 6.07 Å². The van der Waals surface area contributed by atoms with Gasteiger partial charge in [-0.2, -0.15) is 0 Å². The number of aliphatic hydroxyl groups is 1. The molecule has 2 N–H and O–H groups in total. The second-order valence-electron chi connectivity index (χ2n) is 5.13. The van der Waals surface area contributed by atoms with E-state index in [0.29, 0.717) is 25.6 Å². The van der Waals surface area contributed by atoms with Crippen LogP contribution in [0.3, 0.4) is 0 Å². The summed E-state index contributed by atoms with van der Waals surface area (Å²) in [5.41, 5.74) is 0. The van der Waals surface area contributed by atoms with E-state index in [2.05, 4.69) is 27.1 Å². The van der Waals surface area contributed by atoms with Crippen LogP contribution in [0.4, 0.5) is 11.6 Å². The molecule has 21 heavy (non-hydrogen) atoms. The highest BCUT2D eigenvalue weighted by molar-refractivity contribution is 5.50. The van der Waals surface area contributed by atoms with Crippen molar-refractivity contribution < 1.29 is 14.6 Å². The van der Waals surface area contributed by atoms with E-state index in [9.17, 15) is 5.11 Å². The van der Waals surface area contributed by atoms with E-state index in [1.54, 1.807) is 7.11 Å². The number of aromatic nitrogens is 2. The summed E-state index contributed by atoms with van der Waals surface area (Å²) in [6, 6.07) is 2.13. The number of hydrogen-bond acceptors (Lipinski definition) is 7. The average molecular weight is 296 g/mol. The Morgan fingerprint density at radius 3 is 3.00 bits per heavy atom. The summed E-state index contributed by atoms with van der Waals surface area (Å²) in [5.74, 6) is 2.27. The fraction of sp³-hybridized carbons (Fsp3) is 0.714. The van der Waals surface area contributed by atoms with E-state index in [1.165, 1.54) is 0 Å². The third kappa shape index (κ3) is 4.03. The minimum atomic E-state index is -0.176. The van der Waals surface area contributed by atoms with Gasteiger partial charge in [-0.1, -0.05) is 0 Å². The smallest absolute Gasteiger partial charge is 0.158 e. The van der Waals surface area contributed by atoms with Crippen LogP contribution >= 0.6 is 0 Å². The summed E-state index contributed by atoms with van der Waals surface area (Å²) in [6.07, 6.45) is -0.176. The van der Waals surface area contributed by atoms with E-state index in [1.807, 2.05) is 13.0 Å². The molecule has 7 heteroatoms. The van der Waals surface area contributed by atoms with Crippen molar-refractivity contribution in [3.05, 3.63) is 11.9 Å². The zero-order chi connectivity index (χ0) is 15.2. The van der Waals surface area contributed by atoms with Gasteiger partial charge >= 0.3 is 0 Å². The molecule has 118 valence electrons. The topological polar surface area (TPSA) is 79.7 Å². The molecule has 2 rings (SSSR count). The normalized spacial score (nSPS) is 22.4. The average Bonchev–Trinajstić information content (AvgIpc) is 2.48. The summed E-state index contributed by atoms with van der Waals surface area (Å²) < 4.78 is 10.7. The van der Waals surface area contributed by atoms with E-state index >= 15 is 0 Å². The van der Waals surface area contributed by atoms with Crippen molar-refractivity contribution in [2.75, 3.05) is 43.6 Å². The molecule has 7 nitrogen and oxygen atoms in total. The number of anilines is 2. The number of aliphatic hydroxyl groups excluding tert-OH is 1. The Bertz CT molecular complexity index is 434. The highest BCUT2D eigenvalue weighted by Gasteiger charge is 2.27. The van der Waals surface area contributed by atoms with Crippen LogP contribution < -0.4 is 10.2 Å². The molecule has 1 aromatic rings. The Kier molecular flexibility index (Phi) is 5.72. The van der Waals surface area contributed by atoms with E-state index in [4.69, 9.17) is 9.47 Å². The van der Waals surface area contributed by atoms with E-state index < -0.39 is 0 Å². The fourth-order valence-corrected chi connectivity index (χ4v) is 2.34. The number of morpholine rings is 1. The van der Waals surface area contributed by atoms with Gasteiger partial charge in [0.15, 0.2) is 5.82 Å². The van der Waals surface area contributed by atoms with Crippen molar-refractivity contribution >= 4 is 11.6 Å². The Hall–Kier alpha value is -1.44. The lowest BCUT2D eigenvalue weighted by Gasteiger charge is -2.38. The fourth-order valence-electron chi connectivity index (χ4n) is 2.34. The van der Waals surface area contributed by atoms with Crippen LogP contribution in [0.5, 0.6) is 0 Å². The zero-order valence-corrected chi connectivity index (χ0v) is 12.9. The molecule has 1 aromatic heterocycles. The molecule has 0 radical (unpaired) electrons. The first-order chi connectivity index (χ1) is 10.2. The standard InChI is InChI=1S/C14H24N4O3/c1-4-15-12-5-14(17-13(16-12)9-20-3)18-6-11(7-19)21-8-10(18)2/h5,10-11,19H,4,6-9H2,1-3H3,(H,15,16,17). The molecule has 2 unspecified atom stereocenters. The Labute approximate surface area is 125 Å². The lowest BCUT2D eigenvalue weighted by molar-refractivity contribution is -0.0106. The summed E-state index contributed by atoms with van der Waals surface area (Å²) in [4.78, 5) is 11.1. The number of hydrogen-bond donors (Lipinski definition) is 2. The van der Waals surface area contributed by atoms with Gasteiger partial charge in [0, 0.05) is 26.3 Å². The monoisotopic (exact) mass is 296 g/mol. The second kappa shape index (κ2) is 7.53. The van der Waals surface area contributed by atoms with Gasteiger partial charge in [-0.25, -0.2) is 9.97 Å². The number of ether oxygens (including phenoxy) is 2. The van der Waals surface area contributed by atoms with Gasteiger partial charge in [0.2, 0.25) is 0 Å². The summed E-state index contributed by atoms with van der Waals surface area (Å²) in [7, 11) is 1.63. The van der Waals surface area contributed by atoms with Crippen LogP contribution in [0.2, 0.25) is 0 Å². The molecule has 1 saturated heterocycles. The molecule has 0 spiro atoms. The maximum Gasteiger partial charge on any atom is 0.158 e. The molecule has 0 saturated carbocycles. The first kappa shape index (κ1) is 15.9. The molecule has 1 aliphatic heterocycles. The molecular formula is C14H24N4O3. The first-order valence-corrected chi connectivity index (χ1v) is 7.27. The quantitative estimate of drug-likeness (QED) is 0.797. The van der Waals surface area contributed by atoms with Crippen LogP contribution in [0.1, 0.15) is 19.7 Å². The largest absolute Gasteiger partial charge is 0.394 e. The maximum absolute atomic E-state index is 9.30. The lowest BCUT2D eigenvalue weighted by Crippen LogP contribution is -2.50. The van der Waals surface area contributed by atoms with Gasteiger partial charge in [0.1, 0.15) is 18.2 Å². The Balaban J connectivity index is 2.26. The summed E-state index contributed by atoms with van der Waals surface area (Å²) in [5, 5.41) is 12.5. The van der Waals surface area contributed by atoms with Crippen molar-refractivity contribution in [3.63, 3.8) is 0 Å². The molecule has 0 amide bonds. The van der Waals surface area contributed by atoms with Gasteiger partial charge < -0.3 is 24.8 Å². The Morgan fingerprint density at radius 1 is 1.52 bits per heavy atom. The predicted molar refractivity (Wildman–Crippen MR) is 80.5 cm³/mol. The molecule has 2 heterocycles. The van der Waals surface area contributed by atoms with Gasteiger partial charge in [0.05, 0.1) is 25.4 Å². The maximum atomic E-state index is 9.30. The third-order valence-corrected chi connectivity index (χ3v) is 3.39. The molecule has 2 atom stereocenters. The third-order valence-electron chi connectivity index (χ3n) is 3.39. The van der Waals surface area contributed by atoms with Crippen molar-refractivity contribution in [1.82, 2.24) is 9.97 Å². The van der Waals surface area contributed by atoms with Gasteiger partial charge in [-0.15, -0.1) is 0 Å². The number of rotatable bonds is 6. The zero-order valence-electron chi connectivity index (χ0n) is 12.9. The summed E-state index contributed by atoms with van der Waals surface area (Å²) in [6.45, 7) is 6.47. The predicted octanol–water partition coefficient (Wildman–Crippen LogP) is 0.641. The van der Waals surface area contributed by atoms with Crippen LogP contribution in [0, 0.1) is 0 Å². The molecule has 1 aliphatic rings. The molecule has 0 bridgehead atoms. The first-order valence-electron chi connectivity index (χ1n) is 7.27. The van der Waals surface area contributed by atoms with Gasteiger partial charge in [0.25, 0.3) is 0 Å². The van der Waals surface area contributed by atoms with Crippen LogP contribution in [-0.4, -0.2) is 60.6 Å². The Morgan fingerprint density at radius 2 is 2.33 bits per heavy atom. The number of methoxy groups -OCH3 is 1. The molecule has 0 aliphatic carbocycles. The molecular weight excluding hydrogens is 272 g/mol. The highest BCUT2D eigenvalue weighted by atomic mass is 16.5. The number of nitrogens with one attached hydrogen (secondary N) is 1. The molecule has 0 aromatic carbocycles. The minimum Gasteiger partial charge on any atom is -0.394 e. The lowest BCUT2D eigenvalue weighted by atomic mass is 10.2. The van der Waals surface area contributed by atoms with Gasteiger partial charge in [-0.3, -0.25) is 0 Å². The minimum absolute atomic E-state index is 0.0132. The van der Waals surface area contributed by atoms with Crippen molar-refractivity contribution in [1.29, 1.82) is 0 Å². The highest BCUT2D eigenvalue weighted by Crippen LogP contribution is 2.22. The number of nitrogens with zero attached hydrogens (tertiary/aromatic N) is 3. The SMILES string of the molecule is CCNc1cc(N2CC(CO)OCC2C)nc(COC)n1. The van der Waals surface area contributed by atoms with Gasteiger partial charge in [-0.05, 0) is 13.8 Å². The van der Waals surface area contributed by atoms with Crippen molar-refractivity contribution in [3.8, 4) is 0 Å². The molecule has 1 fully saturated rings. The summed E-state index contributed by atoms with van der Waals surface area (Å²) >= 11 is 0. The van der Waals surface area contributed by atoms with Crippen LogP contribution in [-0.2, 0) is 16.1 Å². The van der Waals surface area contributed by atoms with Crippen molar-refractivity contribution in [2.24, 2.45) is 0 Å². The van der Waals surface area contributed by atoms with E-state index in [-0.39, 0.29) is 18.8 Å². The van der Waals surface area contributed by atoms with E-state index in [0.717, 1.165) is 18.2 Å². The van der Waals surface area contributed by atoms with Crippen molar-refractivity contribution in [2.45, 2.75) is 32.6 Å².